The first-order valence-electron chi connectivity index (χ1n) is 7.19. The molecule has 0 fully saturated rings. The molecule has 1 atom stereocenters. The molecule has 0 amide bonds. The molecule has 0 bridgehead atoms. The number of ether oxygens (including phenoxy) is 1. The molecule has 0 aliphatic rings. The van der Waals surface area contributed by atoms with Gasteiger partial charge < -0.3 is 4.74 Å². The maximum atomic E-state index is 11.5. The SMILES string of the molecule is CCOC(=O)CCC(N=[N+]=[N-])c1c(C)c(C)cc(C)c1C. The summed E-state index contributed by atoms with van der Waals surface area (Å²) in [5.74, 6) is -0.254. The van der Waals surface area contributed by atoms with E-state index >= 15 is 0 Å². The number of carbonyl (C=O) groups is 1. The lowest BCUT2D eigenvalue weighted by Crippen LogP contribution is -2.09. The van der Waals surface area contributed by atoms with Crippen molar-refractivity contribution < 1.29 is 9.53 Å². The highest BCUT2D eigenvalue weighted by atomic mass is 16.5. The van der Waals surface area contributed by atoms with E-state index in [9.17, 15) is 4.79 Å². The van der Waals surface area contributed by atoms with E-state index in [1.807, 2.05) is 27.7 Å². The summed E-state index contributed by atoms with van der Waals surface area (Å²) in [7, 11) is 0. The highest BCUT2D eigenvalue weighted by molar-refractivity contribution is 5.69. The molecule has 0 radical (unpaired) electrons. The van der Waals surface area contributed by atoms with Crippen molar-refractivity contribution in [2.45, 2.75) is 53.5 Å². The fraction of sp³-hybridized carbons (Fsp3) is 0.562. The molecule has 1 aromatic carbocycles. The molecule has 0 aromatic heterocycles. The number of esters is 1. The number of azide groups is 1. The lowest BCUT2D eigenvalue weighted by molar-refractivity contribution is -0.143. The van der Waals surface area contributed by atoms with Crippen LogP contribution in [-0.4, -0.2) is 12.6 Å². The van der Waals surface area contributed by atoms with Crippen molar-refractivity contribution in [3.8, 4) is 0 Å². The Hall–Kier alpha value is -2.00. The zero-order valence-corrected chi connectivity index (χ0v) is 13.4. The molecular formula is C16H23N3O2. The summed E-state index contributed by atoms with van der Waals surface area (Å²) in [6, 6.07) is 1.80. The molecule has 0 saturated carbocycles. The van der Waals surface area contributed by atoms with Gasteiger partial charge in [-0.3, -0.25) is 4.79 Å². The van der Waals surface area contributed by atoms with Gasteiger partial charge in [0, 0.05) is 11.3 Å². The summed E-state index contributed by atoms with van der Waals surface area (Å²) in [4.78, 5) is 14.5. The first kappa shape index (κ1) is 17.1. The molecule has 5 heteroatoms. The van der Waals surface area contributed by atoms with Crippen LogP contribution >= 0.6 is 0 Å². The highest BCUT2D eigenvalue weighted by Gasteiger charge is 2.19. The Morgan fingerprint density at radius 1 is 1.29 bits per heavy atom. The average molecular weight is 289 g/mol. The first-order chi connectivity index (χ1) is 9.92. The Balaban J connectivity index is 3.12. The van der Waals surface area contributed by atoms with Crippen LogP contribution in [0.3, 0.4) is 0 Å². The van der Waals surface area contributed by atoms with Crippen LogP contribution < -0.4 is 0 Å². The molecule has 0 saturated heterocycles. The van der Waals surface area contributed by atoms with Crippen molar-refractivity contribution in [2.75, 3.05) is 6.61 Å². The first-order valence-corrected chi connectivity index (χ1v) is 7.19. The zero-order valence-electron chi connectivity index (χ0n) is 13.4. The van der Waals surface area contributed by atoms with E-state index in [0.717, 1.165) is 16.7 Å². The van der Waals surface area contributed by atoms with Crippen LogP contribution in [0.2, 0.25) is 0 Å². The van der Waals surface area contributed by atoms with Crippen LogP contribution in [0.1, 0.15) is 53.6 Å². The van der Waals surface area contributed by atoms with E-state index in [0.29, 0.717) is 13.0 Å². The van der Waals surface area contributed by atoms with Gasteiger partial charge in [0.2, 0.25) is 0 Å². The third-order valence-corrected chi connectivity index (χ3v) is 3.88. The fourth-order valence-electron chi connectivity index (χ4n) is 2.56. The molecule has 1 rings (SSSR count). The largest absolute Gasteiger partial charge is 0.466 e. The van der Waals surface area contributed by atoms with Crippen LogP contribution in [0.15, 0.2) is 11.2 Å². The Morgan fingerprint density at radius 3 is 2.33 bits per heavy atom. The molecule has 0 heterocycles. The molecule has 114 valence electrons. The molecule has 1 aromatic rings. The summed E-state index contributed by atoms with van der Waals surface area (Å²) >= 11 is 0. The van der Waals surface area contributed by atoms with Crippen LogP contribution in [-0.2, 0) is 9.53 Å². The van der Waals surface area contributed by atoms with Gasteiger partial charge in [-0.2, -0.15) is 0 Å². The van der Waals surface area contributed by atoms with Gasteiger partial charge in [-0.05, 0) is 74.4 Å². The lowest BCUT2D eigenvalue weighted by atomic mass is 9.88. The number of hydrogen-bond donors (Lipinski definition) is 0. The van der Waals surface area contributed by atoms with Crippen LogP contribution in [0.5, 0.6) is 0 Å². The Morgan fingerprint density at radius 2 is 1.86 bits per heavy atom. The Bertz CT molecular complexity index is 549. The topological polar surface area (TPSA) is 75.1 Å². The summed E-state index contributed by atoms with van der Waals surface area (Å²) in [5.41, 5.74) is 14.5. The molecule has 0 N–H and O–H groups in total. The summed E-state index contributed by atoms with van der Waals surface area (Å²) in [5, 5.41) is 3.90. The molecule has 21 heavy (non-hydrogen) atoms. The quantitative estimate of drug-likeness (QED) is 0.332. The van der Waals surface area contributed by atoms with E-state index in [2.05, 4.69) is 16.1 Å². The molecule has 5 nitrogen and oxygen atoms in total. The van der Waals surface area contributed by atoms with Crippen LogP contribution in [0, 0.1) is 27.7 Å². The van der Waals surface area contributed by atoms with Gasteiger partial charge in [0.25, 0.3) is 0 Å². The van der Waals surface area contributed by atoms with Crippen LogP contribution in [0.4, 0.5) is 0 Å². The Kier molecular flexibility index (Phi) is 6.25. The van der Waals surface area contributed by atoms with Crippen molar-refractivity contribution in [3.63, 3.8) is 0 Å². The van der Waals surface area contributed by atoms with Gasteiger partial charge >= 0.3 is 5.97 Å². The van der Waals surface area contributed by atoms with Crippen molar-refractivity contribution in [2.24, 2.45) is 5.11 Å². The minimum absolute atomic E-state index is 0.253. The molecule has 1 unspecified atom stereocenters. The van der Waals surface area contributed by atoms with Crippen molar-refractivity contribution >= 4 is 5.97 Å². The molecule has 0 aliphatic carbocycles. The zero-order chi connectivity index (χ0) is 16.0. The maximum Gasteiger partial charge on any atom is 0.305 e. The second-order valence-electron chi connectivity index (χ2n) is 5.24. The maximum absolute atomic E-state index is 11.5. The average Bonchev–Trinajstić information content (AvgIpc) is 2.43. The number of rotatable bonds is 6. The van der Waals surface area contributed by atoms with E-state index in [4.69, 9.17) is 10.3 Å². The molecule has 0 aliphatic heterocycles. The van der Waals surface area contributed by atoms with E-state index in [1.54, 1.807) is 6.92 Å². The summed E-state index contributed by atoms with van der Waals surface area (Å²) < 4.78 is 4.94. The number of benzene rings is 1. The third-order valence-electron chi connectivity index (χ3n) is 3.88. The van der Waals surface area contributed by atoms with Gasteiger partial charge in [0.1, 0.15) is 0 Å². The third kappa shape index (κ3) is 4.23. The second-order valence-corrected chi connectivity index (χ2v) is 5.24. The van der Waals surface area contributed by atoms with Gasteiger partial charge in [0.15, 0.2) is 0 Å². The van der Waals surface area contributed by atoms with Crippen molar-refractivity contribution in [1.82, 2.24) is 0 Å². The van der Waals surface area contributed by atoms with Gasteiger partial charge in [0.05, 0.1) is 12.6 Å². The minimum Gasteiger partial charge on any atom is -0.466 e. The highest BCUT2D eigenvalue weighted by Crippen LogP contribution is 2.32. The minimum atomic E-state index is -0.335. The van der Waals surface area contributed by atoms with E-state index < -0.39 is 0 Å². The molecule has 0 spiro atoms. The predicted molar refractivity (Wildman–Crippen MR) is 83.1 cm³/mol. The van der Waals surface area contributed by atoms with Gasteiger partial charge in [-0.1, -0.05) is 11.2 Å². The smallest absolute Gasteiger partial charge is 0.305 e. The van der Waals surface area contributed by atoms with Crippen molar-refractivity contribution in [1.29, 1.82) is 0 Å². The summed E-state index contributed by atoms with van der Waals surface area (Å²) in [6.07, 6.45) is 0.719. The van der Waals surface area contributed by atoms with Crippen molar-refractivity contribution in [3.05, 3.63) is 44.3 Å². The lowest BCUT2D eigenvalue weighted by Gasteiger charge is -2.20. The number of hydrogen-bond acceptors (Lipinski definition) is 3. The number of carbonyl (C=O) groups excluding carboxylic acids is 1. The van der Waals surface area contributed by atoms with Gasteiger partial charge in [-0.15, -0.1) is 0 Å². The fourth-order valence-corrected chi connectivity index (χ4v) is 2.56. The normalized spacial score (nSPS) is 11.7. The molecular weight excluding hydrogens is 266 g/mol. The second kappa shape index (κ2) is 7.70. The Labute approximate surface area is 125 Å². The number of aryl methyl sites for hydroxylation is 2. The monoisotopic (exact) mass is 289 g/mol. The standard InChI is InChI=1S/C16H23N3O2/c1-6-21-15(20)8-7-14(18-19-17)16-12(4)10(2)9-11(3)13(16)5/h9,14H,6-8H2,1-5H3. The number of nitrogens with zero attached hydrogens (tertiary/aromatic N) is 3. The van der Waals surface area contributed by atoms with Crippen LogP contribution in [0.25, 0.3) is 10.4 Å². The summed E-state index contributed by atoms with van der Waals surface area (Å²) in [6.45, 7) is 10.3. The van der Waals surface area contributed by atoms with E-state index in [-0.39, 0.29) is 18.4 Å². The van der Waals surface area contributed by atoms with E-state index in [1.165, 1.54) is 11.1 Å². The van der Waals surface area contributed by atoms with Gasteiger partial charge in [-0.25, -0.2) is 0 Å². The predicted octanol–water partition coefficient (Wildman–Crippen LogP) is 4.61.